The molecule has 1 aromatic heterocycles. The molecular weight excluding hydrogens is 78.0 g/mol. The zero-order chi connectivity index (χ0) is 3.54. The van der Waals surface area contributed by atoms with Gasteiger partial charge in [-0.05, 0) is 12.1 Å². The quantitative estimate of drug-likeness (QED) is 0.518. The van der Waals surface area contributed by atoms with Crippen molar-refractivity contribution in [1.82, 2.24) is 6.15 Å². The van der Waals surface area contributed by atoms with Crippen molar-refractivity contribution < 1.29 is 4.42 Å². The van der Waals surface area contributed by atoms with Crippen molar-refractivity contribution in [3.05, 3.63) is 24.7 Å². The Morgan fingerprint density at radius 1 is 1.00 bits per heavy atom. The van der Waals surface area contributed by atoms with Gasteiger partial charge in [-0.2, -0.15) is 0 Å². The van der Waals surface area contributed by atoms with E-state index in [0.717, 1.165) is 0 Å². The fraction of sp³-hybridized carbons (Fsp3) is 0. The van der Waals surface area contributed by atoms with Crippen molar-refractivity contribution in [2.24, 2.45) is 0 Å². The van der Waals surface area contributed by atoms with Crippen LogP contribution >= 0.6 is 0 Å². The Kier molecular flexibility index (Phi) is 2.16. The Morgan fingerprint density at radius 2 is 1.50 bits per heavy atom. The lowest BCUT2D eigenvalue weighted by Crippen LogP contribution is -1.16. The monoisotopic (exact) mass is 85.1 g/mol. The summed E-state index contributed by atoms with van der Waals surface area (Å²) in [6.45, 7) is 0. The van der Waals surface area contributed by atoms with E-state index >= 15 is 0 Å². The summed E-state index contributed by atoms with van der Waals surface area (Å²) in [5, 5.41) is 0. The first-order valence-electron chi connectivity index (χ1n) is 1.47. The summed E-state index contributed by atoms with van der Waals surface area (Å²) in [5.74, 6) is 0. The molecule has 0 aromatic carbocycles. The van der Waals surface area contributed by atoms with Crippen LogP contribution in [0.1, 0.15) is 0 Å². The molecule has 0 saturated heterocycles. The predicted octanol–water partition coefficient (Wildman–Crippen LogP) is 1.44. The summed E-state index contributed by atoms with van der Waals surface area (Å²) < 4.78 is 4.58. The van der Waals surface area contributed by atoms with E-state index in [9.17, 15) is 0 Å². The first kappa shape index (κ1) is 5.24. The molecule has 2 nitrogen and oxygen atoms in total. The van der Waals surface area contributed by atoms with Gasteiger partial charge in [0, 0.05) is 0 Å². The van der Waals surface area contributed by atoms with Gasteiger partial charge in [-0.25, -0.2) is 0 Å². The molecule has 0 saturated carbocycles. The third-order valence-corrected chi connectivity index (χ3v) is 0.425. The lowest BCUT2D eigenvalue weighted by atomic mass is 10.7. The van der Waals surface area contributed by atoms with Gasteiger partial charge in [0.1, 0.15) is 0 Å². The van der Waals surface area contributed by atoms with Crippen LogP contribution in [-0.2, 0) is 0 Å². The van der Waals surface area contributed by atoms with E-state index < -0.39 is 0 Å². The highest BCUT2D eigenvalue weighted by atomic mass is 16.3. The van der Waals surface area contributed by atoms with Gasteiger partial charge in [0.25, 0.3) is 0 Å². The Balaban J connectivity index is 0.000000250. The summed E-state index contributed by atoms with van der Waals surface area (Å²) in [4.78, 5) is 0. The van der Waals surface area contributed by atoms with E-state index in [0.29, 0.717) is 0 Å². The summed E-state index contributed by atoms with van der Waals surface area (Å²) in [7, 11) is 0. The van der Waals surface area contributed by atoms with E-state index in [2.05, 4.69) is 4.42 Å². The van der Waals surface area contributed by atoms with Crippen molar-refractivity contribution in [3.63, 3.8) is 0 Å². The van der Waals surface area contributed by atoms with E-state index in [1.165, 1.54) is 0 Å². The van der Waals surface area contributed by atoms with Crippen LogP contribution in [0.15, 0.2) is 29.1 Å². The van der Waals surface area contributed by atoms with E-state index in [4.69, 9.17) is 0 Å². The van der Waals surface area contributed by atoms with Crippen molar-refractivity contribution in [2.45, 2.75) is 0 Å². The molecule has 0 atom stereocenters. The standard InChI is InChI=1S/C4H4O.H3N/c1-2-4-5-3-1;/h1-4H;1H3. The predicted molar refractivity (Wildman–Crippen MR) is 23.7 cm³/mol. The smallest absolute Gasteiger partial charge is 0.0902 e. The molecule has 1 aromatic rings. The third kappa shape index (κ3) is 0.904. The highest BCUT2D eigenvalue weighted by Gasteiger charge is 1.58. The zero-order valence-electron chi connectivity index (χ0n) is 3.42. The molecular formula is C4H7NO. The van der Waals surface area contributed by atoms with Crippen LogP contribution in [0.5, 0.6) is 0 Å². The van der Waals surface area contributed by atoms with Crippen molar-refractivity contribution >= 4 is 0 Å². The zero-order valence-corrected chi connectivity index (χ0v) is 3.42. The lowest BCUT2D eigenvalue weighted by molar-refractivity contribution is 0.567. The number of furan rings is 1. The molecule has 0 spiro atoms. The Hall–Kier alpha value is -0.760. The maximum atomic E-state index is 4.58. The molecule has 0 bridgehead atoms. The highest BCUT2D eigenvalue weighted by Crippen LogP contribution is 1.79. The van der Waals surface area contributed by atoms with Gasteiger partial charge in [0.15, 0.2) is 0 Å². The molecule has 0 aliphatic heterocycles. The minimum absolute atomic E-state index is 0. The molecule has 1 rings (SSSR count). The molecule has 34 valence electrons. The Labute approximate surface area is 36.4 Å². The Morgan fingerprint density at radius 3 is 1.67 bits per heavy atom. The summed E-state index contributed by atoms with van der Waals surface area (Å²) in [6, 6.07) is 3.67. The van der Waals surface area contributed by atoms with Gasteiger partial charge in [0.05, 0.1) is 12.5 Å². The van der Waals surface area contributed by atoms with Crippen LogP contribution in [0.2, 0.25) is 0 Å². The molecule has 0 unspecified atom stereocenters. The molecule has 6 heavy (non-hydrogen) atoms. The average Bonchev–Trinajstić information content (AvgIpc) is 1.76. The lowest BCUT2D eigenvalue weighted by Gasteiger charge is -1.50. The summed E-state index contributed by atoms with van der Waals surface area (Å²) in [6.07, 6.45) is 3.25. The molecule has 0 radical (unpaired) electrons. The molecule has 0 amide bonds. The number of rotatable bonds is 0. The molecule has 2 heteroatoms. The van der Waals surface area contributed by atoms with Crippen LogP contribution < -0.4 is 6.15 Å². The number of hydrogen-bond acceptors (Lipinski definition) is 2. The van der Waals surface area contributed by atoms with Crippen LogP contribution in [0.3, 0.4) is 0 Å². The molecule has 0 aliphatic rings. The first-order chi connectivity index (χ1) is 2.50. The van der Waals surface area contributed by atoms with Gasteiger partial charge >= 0.3 is 0 Å². The average molecular weight is 85.1 g/mol. The molecule has 3 N–H and O–H groups in total. The minimum atomic E-state index is 0. The second kappa shape index (κ2) is 2.48. The van der Waals surface area contributed by atoms with Gasteiger partial charge in [-0.15, -0.1) is 0 Å². The topological polar surface area (TPSA) is 48.1 Å². The van der Waals surface area contributed by atoms with Crippen molar-refractivity contribution in [2.75, 3.05) is 0 Å². The number of hydrogen-bond donors (Lipinski definition) is 1. The molecule has 1 heterocycles. The molecule has 0 fully saturated rings. The van der Waals surface area contributed by atoms with E-state index in [-0.39, 0.29) is 6.15 Å². The summed E-state index contributed by atoms with van der Waals surface area (Å²) in [5.41, 5.74) is 0. The van der Waals surface area contributed by atoms with Gasteiger partial charge < -0.3 is 10.6 Å². The largest absolute Gasteiger partial charge is 0.473 e. The van der Waals surface area contributed by atoms with E-state index in [1.54, 1.807) is 12.5 Å². The van der Waals surface area contributed by atoms with Crippen LogP contribution in [0, 0.1) is 0 Å². The van der Waals surface area contributed by atoms with Crippen LogP contribution in [-0.4, -0.2) is 0 Å². The van der Waals surface area contributed by atoms with Crippen LogP contribution in [0.4, 0.5) is 0 Å². The van der Waals surface area contributed by atoms with Gasteiger partial charge in [-0.1, -0.05) is 0 Å². The minimum Gasteiger partial charge on any atom is -0.473 e. The highest BCUT2D eigenvalue weighted by molar-refractivity contribution is 4.79. The van der Waals surface area contributed by atoms with Crippen molar-refractivity contribution in [3.8, 4) is 0 Å². The van der Waals surface area contributed by atoms with Crippen LogP contribution in [0.25, 0.3) is 0 Å². The maximum absolute atomic E-state index is 4.58. The van der Waals surface area contributed by atoms with Gasteiger partial charge in [0.2, 0.25) is 0 Å². The second-order valence-electron chi connectivity index (χ2n) is 0.793. The normalized spacial score (nSPS) is 6.67. The fourth-order valence-electron chi connectivity index (χ4n) is 0.227. The third-order valence-electron chi connectivity index (χ3n) is 0.425. The Bertz CT molecular complexity index is 64.0. The van der Waals surface area contributed by atoms with Crippen molar-refractivity contribution in [1.29, 1.82) is 0 Å². The van der Waals surface area contributed by atoms with Gasteiger partial charge in [-0.3, -0.25) is 0 Å². The molecule has 0 aliphatic carbocycles. The van der Waals surface area contributed by atoms with E-state index in [1.807, 2.05) is 12.1 Å². The second-order valence-corrected chi connectivity index (χ2v) is 0.793. The fourth-order valence-corrected chi connectivity index (χ4v) is 0.227. The summed E-state index contributed by atoms with van der Waals surface area (Å²) >= 11 is 0. The first-order valence-corrected chi connectivity index (χ1v) is 1.47. The maximum Gasteiger partial charge on any atom is 0.0902 e. The SMILES string of the molecule is N.c1ccoc1.